The highest BCUT2D eigenvalue weighted by Gasteiger charge is 2.27. The fourth-order valence-electron chi connectivity index (χ4n) is 3.06. The number of sulfone groups is 1. The number of allylic oxidation sites excluding steroid dienone is 1. The van der Waals surface area contributed by atoms with E-state index in [0.717, 1.165) is 6.26 Å². The van der Waals surface area contributed by atoms with E-state index in [1.807, 2.05) is 6.08 Å². The fourth-order valence-corrected chi connectivity index (χ4v) is 4.02. The minimum absolute atomic E-state index is 0.0114. The Morgan fingerprint density at radius 2 is 1.61 bits per heavy atom. The maximum Gasteiger partial charge on any atom is 0.405 e. The van der Waals surface area contributed by atoms with Crippen LogP contribution in [0.3, 0.4) is 0 Å². The Balaban J connectivity index is 0.00000108. The molecular formula is C26H33F3N6O4S2. The van der Waals surface area contributed by atoms with Crippen molar-refractivity contribution in [2.45, 2.75) is 37.9 Å². The van der Waals surface area contributed by atoms with E-state index in [9.17, 15) is 30.0 Å². The molecule has 4 N–H and O–H groups in total. The molecule has 1 atom stereocenters. The van der Waals surface area contributed by atoms with Crippen LogP contribution < -0.4 is 15.8 Å². The summed E-state index contributed by atoms with van der Waals surface area (Å²) in [6.07, 6.45) is 1.29. The van der Waals surface area contributed by atoms with Crippen LogP contribution in [-0.4, -0.2) is 56.5 Å². The number of aromatic nitrogens is 3. The van der Waals surface area contributed by atoms with Gasteiger partial charge in [0, 0.05) is 6.26 Å². The van der Waals surface area contributed by atoms with Gasteiger partial charge in [-0.15, -0.1) is 6.58 Å². The molecule has 0 radical (unpaired) electrons. The second kappa shape index (κ2) is 13.9. The van der Waals surface area contributed by atoms with E-state index in [-0.39, 0.29) is 33.4 Å². The lowest BCUT2D eigenvalue weighted by Gasteiger charge is -2.17. The monoisotopic (exact) mass is 614 g/mol. The number of nitrogens with zero attached hydrogens (tertiary/aromatic N) is 3. The van der Waals surface area contributed by atoms with Crippen LogP contribution in [0.25, 0.3) is 17.1 Å². The van der Waals surface area contributed by atoms with Crippen LogP contribution >= 0.6 is 0 Å². The molecule has 0 bridgehead atoms. The molecule has 2 heterocycles. The number of sulfonamides is 1. The lowest BCUT2D eigenvalue weighted by molar-refractivity contribution is -0.115. The number of nitrogens with two attached hydrogens (primary N) is 1. The molecule has 0 saturated carbocycles. The normalized spacial score (nSPS) is 13.1. The number of hydrogen-bond donors (Lipinski definition) is 3. The molecule has 41 heavy (non-hydrogen) atoms. The molecule has 0 aliphatic heterocycles. The maximum absolute atomic E-state index is 12.9. The van der Waals surface area contributed by atoms with Crippen molar-refractivity contribution < 1.29 is 30.0 Å². The Morgan fingerprint density at radius 3 is 2.12 bits per heavy atom. The first-order valence-corrected chi connectivity index (χ1v) is 15.8. The largest absolute Gasteiger partial charge is 0.405 e. The maximum atomic E-state index is 12.9. The molecule has 1 aromatic carbocycles. The Hall–Kier alpha value is -3.56. The van der Waals surface area contributed by atoms with Gasteiger partial charge in [-0.2, -0.15) is 18.2 Å². The molecule has 15 heteroatoms. The Bertz CT molecular complexity index is 1590. The lowest BCUT2D eigenvalue weighted by Crippen LogP contribution is -2.22. The predicted molar refractivity (Wildman–Crippen MR) is 156 cm³/mol. The molecular weight excluding hydrogens is 581 g/mol. The van der Waals surface area contributed by atoms with E-state index in [1.54, 1.807) is 13.0 Å². The number of rotatable bonds is 10. The molecule has 1 unspecified atom stereocenters. The number of fused-ring (bicyclic) bond motifs is 1. The average molecular weight is 615 g/mol. The first-order chi connectivity index (χ1) is 18.9. The van der Waals surface area contributed by atoms with Gasteiger partial charge in [-0.1, -0.05) is 38.1 Å². The Labute approximate surface area is 238 Å². The van der Waals surface area contributed by atoms with Crippen molar-refractivity contribution in [2.75, 3.05) is 29.2 Å². The van der Waals surface area contributed by atoms with Gasteiger partial charge in [0.2, 0.25) is 16.0 Å². The van der Waals surface area contributed by atoms with E-state index < -0.39 is 38.6 Å². The van der Waals surface area contributed by atoms with Crippen LogP contribution in [0.5, 0.6) is 0 Å². The zero-order valence-corrected chi connectivity index (χ0v) is 24.6. The van der Waals surface area contributed by atoms with Gasteiger partial charge >= 0.3 is 6.18 Å². The number of primary sulfonamides is 1. The summed E-state index contributed by atoms with van der Waals surface area (Å²) in [5, 5.41) is 10.3. The van der Waals surface area contributed by atoms with Crippen molar-refractivity contribution in [3.05, 3.63) is 66.4 Å². The van der Waals surface area contributed by atoms with Crippen LogP contribution in [0, 0.1) is 5.92 Å². The first kappa shape index (κ1) is 33.6. The van der Waals surface area contributed by atoms with Crippen molar-refractivity contribution in [3.8, 4) is 0 Å². The van der Waals surface area contributed by atoms with Crippen molar-refractivity contribution in [3.63, 3.8) is 0 Å². The number of nitrogens with one attached hydrogen (secondary N) is 2. The fraction of sp³-hybridized carbons (Fsp3) is 0.346. The van der Waals surface area contributed by atoms with Crippen molar-refractivity contribution in [1.29, 1.82) is 0 Å². The summed E-state index contributed by atoms with van der Waals surface area (Å²) < 4.78 is 84.2. The minimum atomic E-state index is -4.52. The highest BCUT2D eigenvalue weighted by molar-refractivity contribution is 7.90. The van der Waals surface area contributed by atoms with Gasteiger partial charge in [-0.25, -0.2) is 31.9 Å². The van der Waals surface area contributed by atoms with E-state index in [0.29, 0.717) is 17.2 Å². The van der Waals surface area contributed by atoms with E-state index in [2.05, 4.69) is 46.0 Å². The van der Waals surface area contributed by atoms with Crippen LogP contribution in [0.1, 0.15) is 38.1 Å². The van der Waals surface area contributed by atoms with Crippen molar-refractivity contribution >= 4 is 48.7 Å². The number of hydrogen-bond acceptors (Lipinski definition) is 9. The van der Waals surface area contributed by atoms with E-state index in [1.165, 1.54) is 42.5 Å². The van der Waals surface area contributed by atoms with Gasteiger partial charge in [-0.05, 0) is 48.7 Å². The average Bonchev–Trinajstić information content (AvgIpc) is 2.86. The summed E-state index contributed by atoms with van der Waals surface area (Å²) in [5.74, 6) is 0.267. The van der Waals surface area contributed by atoms with Crippen LogP contribution in [0.4, 0.5) is 24.9 Å². The summed E-state index contributed by atoms with van der Waals surface area (Å²) in [6, 6.07) is 8.38. The molecule has 2 aromatic heterocycles. The van der Waals surface area contributed by atoms with E-state index in [4.69, 9.17) is 5.14 Å². The van der Waals surface area contributed by atoms with Crippen LogP contribution in [-0.2, 0) is 19.9 Å². The third-order valence-electron chi connectivity index (χ3n) is 5.23. The third-order valence-corrected chi connectivity index (χ3v) is 6.96. The van der Waals surface area contributed by atoms with Gasteiger partial charge in [0.1, 0.15) is 12.1 Å². The third kappa shape index (κ3) is 11.8. The van der Waals surface area contributed by atoms with Gasteiger partial charge in [-0.3, -0.25) is 0 Å². The molecule has 0 aliphatic carbocycles. The molecule has 0 amide bonds. The zero-order chi connectivity index (χ0) is 31.0. The molecule has 0 spiro atoms. The smallest absolute Gasteiger partial charge is 0.359 e. The van der Waals surface area contributed by atoms with Gasteiger partial charge in [0.05, 0.1) is 27.9 Å². The molecule has 3 rings (SSSR count). The summed E-state index contributed by atoms with van der Waals surface area (Å²) in [7, 11) is -7.10. The first-order valence-electron chi connectivity index (χ1n) is 12.2. The van der Waals surface area contributed by atoms with Crippen molar-refractivity contribution in [1.82, 2.24) is 15.0 Å². The van der Waals surface area contributed by atoms with Gasteiger partial charge in [0.25, 0.3) is 0 Å². The molecule has 224 valence electrons. The number of benzene rings is 1. The number of pyridine rings is 1. The quantitative estimate of drug-likeness (QED) is 0.275. The lowest BCUT2D eigenvalue weighted by atomic mass is 10.1. The number of halogens is 3. The molecule has 0 aliphatic rings. The zero-order valence-electron chi connectivity index (χ0n) is 23.0. The van der Waals surface area contributed by atoms with Crippen LogP contribution in [0.15, 0.2) is 60.0 Å². The molecule has 10 nitrogen and oxygen atoms in total. The second-order valence-corrected chi connectivity index (χ2v) is 13.2. The molecule has 0 saturated heterocycles. The SMILES string of the molecule is C=CC(C)C.CC(Nc1nc(NCC(F)(F)F)c2nc(/C=C/CS(C)(=O)=O)ccc2n1)c1ccc(S(N)(=O)=O)cc1. The standard InChI is InChI=1S/C21H23F3N6O4S2.C5H10/c1-13(14-5-8-16(9-6-14)36(25,33)34)27-20-29-17-10-7-15(4-3-11-35(2,31)32)28-18(17)19(30-20)26-12-21(22,23)24;1-4-5(2)3/h3-10,13H,11-12H2,1-2H3,(H2,25,33,34)(H2,26,27,29,30);4-5H,1H2,2-3H3/b4-3+;. The predicted octanol–water partition coefficient (Wildman–Crippen LogP) is 4.71. The highest BCUT2D eigenvalue weighted by Crippen LogP contribution is 2.26. The Morgan fingerprint density at radius 1 is 1.00 bits per heavy atom. The summed E-state index contributed by atoms with van der Waals surface area (Å²) in [6.45, 7) is 8.14. The molecule has 3 aromatic rings. The Kier molecular flexibility index (Phi) is 11.4. The number of alkyl halides is 3. The van der Waals surface area contributed by atoms with Gasteiger partial charge in [0.15, 0.2) is 15.7 Å². The summed E-state index contributed by atoms with van der Waals surface area (Å²) in [5.41, 5.74) is 1.28. The molecule has 0 fully saturated rings. The van der Waals surface area contributed by atoms with Crippen LogP contribution in [0.2, 0.25) is 0 Å². The van der Waals surface area contributed by atoms with E-state index >= 15 is 0 Å². The highest BCUT2D eigenvalue weighted by atomic mass is 32.2. The number of anilines is 2. The second-order valence-electron chi connectivity index (χ2n) is 9.42. The van der Waals surface area contributed by atoms with Crippen molar-refractivity contribution in [2.24, 2.45) is 11.1 Å². The minimum Gasteiger partial charge on any atom is -0.359 e. The summed E-state index contributed by atoms with van der Waals surface area (Å²) >= 11 is 0. The van der Waals surface area contributed by atoms with Gasteiger partial charge < -0.3 is 10.6 Å². The topological polar surface area (TPSA) is 157 Å². The summed E-state index contributed by atoms with van der Waals surface area (Å²) in [4.78, 5) is 12.7.